The van der Waals surface area contributed by atoms with Crippen LogP contribution in [0.4, 0.5) is 0 Å². The van der Waals surface area contributed by atoms with Crippen molar-refractivity contribution in [3.05, 3.63) is 77.0 Å². The van der Waals surface area contributed by atoms with Gasteiger partial charge in [0.2, 0.25) is 5.78 Å². The number of H-pyrrole nitrogens is 1. The first-order valence-corrected chi connectivity index (χ1v) is 7.55. The molecule has 0 saturated carbocycles. The van der Waals surface area contributed by atoms with Crippen LogP contribution in [0.5, 0.6) is 0 Å². The number of fused-ring (bicyclic) bond motifs is 1. The van der Waals surface area contributed by atoms with Crippen molar-refractivity contribution < 1.29 is 14.3 Å². The number of Topliss-reactive ketones (excluding diaryl/α,β-unsaturated/α-hetero) is 1. The van der Waals surface area contributed by atoms with E-state index in [1.54, 1.807) is 30.5 Å². The van der Waals surface area contributed by atoms with Crippen LogP contribution in [0.1, 0.15) is 26.3 Å². The Morgan fingerprint density at radius 3 is 2.52 bits per heavy atom. The highest BCUT2D eigenvalue weighted by Gasteiger charge is 2.16. The zero-order valence-corrected chi connectivity index (χ0v) is 13.4. The molecule has 0 spiro atoms. The third-order valence-corrected chi connectivity index (χ3v) is 3.84. The van der Waals surface area contributed by atoms with E-state index in [-0.39, 0.29) is 11.4 Å². The molecule has 25 heavy (non-hydrogen) atoms. The fourth-order valence-corrected chi connectivity index (χ4v) is 2.55. The number of carbonyl (C=O) groups excluding carboxylic acids is 2. The Balaban J connectivity index is 1.94. The van der Waals surface area contributed by atoms with Gasteiger partial charge in [-0.1, -0.05) is 30.3 Å². The van der Waals surface area contributed by atoms with Crippen molar-refractivity contribution in [2.45, 2.75) is 0 Å². The zero-order chi connectivity index (χ0) is 17.8. The van der Waals surface area contributed by atoms with E-state index in [1.165, 1.54) is 13.2 Å². The van der Waals surface area contributed by atoms with Gasteiger partial charge in [-0.25, -0.2) is 4.79 Å². The molecule has 1 N–H and O–H groups in total. The van der Waals surface area contributed by atoms with E-state index in [1.807, 2.05) is 30.3 Å². The molecule has 0 bridgehead atoms. The zero-order valence-electron chi connectivity index (χ0n) is 13.4. The molecule has 5 heteroatoms. The lowest BCUT2D eigenvalue weighted by Crippen LogP contribution is -2.02. The molecule has 0 unspecified atom stereocenters. The lowest BCUT2D eigenvalue weighted by atomic mass is 10.0. The maximum absolute atomic E-state index is 12.7. The van der Waals surface area contributed by atoms with Crippen molar-refractivity contribution in [2.75, 3.05) is 7.11 Å². The van der Waals surface area contributed by atoms with Gasteiger partial charge >= 0.3 is 5.97 Å². The molecule has 0 aliphatic carbocycles. The number of benzene rings is 2. The summed E-state index contributed by atoms with van der Waals surface area (Å²) in [5.74, 6) is -0.789. The van der Waals surface area contributed by atoms with Crippen molar-refractivity contribution in [1.29, 1.82) is 5.26 Å². The second-order valence-corrected chi connectivity index (χ2v) is 5.36. The minimum atomic E-state index is -0.439. The topological polar surface area (TPSA) is 82.9 Å². The van der Waals surface area contributed by atoms with Crippen molar-refractivity contribution in [1.82, 2.24) is 4.98 Å². The molecular weight excluding hydrogens is 316 g/mol. The summed E-state index contributed by atoms with van der Waals surface area (Å²) in [6, 6.07) is 15.9. The Bertz CT molecular complexity index is 1020. The van der Waals surface area contributed by atoms with E-state index in [4.69, 9.17) is 0 Å². The number of para-hydroxylation sites is 1. The molecule has 0 atom stereocenters. The van der Waals surface area contributed by atoms with Crippen LogP contribution < -0.4 is 0 Å². The van der Waals surface area contributed by atoms with Gasteiger partial charge in [0, 0.05) is 22.7 Å². The van der Waals surface area contributed by atoms with Gasteiger partial charge in [0.05, 0.1) is 12.7 Å². The van der Waals surface area contributed by atoms with Crippen LogP contribution in [0.3, 0.4) is 0 Å². The molecule has 5 nitrogen and oxygen atoms in total. The molecule has 3 aromatic rings. The summed E-state index contributed by atoms with van der Waals surface area (Å²) in [7, 11) is 1.31. The molecule has 0 aliphatic heterocycles. The largest absolute Gasteiger partial charge is 0.465 e. The Kier molecular flexibility index (Phi) is 4.44. The molecular formula is C20H14N2O3. The highest BCUT2D eigenvalue weighted by Crippen LogP contribution is 2.21. The molecule has 0 saturated heterocycles. The molecule has 0 aliphatic rings. The molecule has 0 amide bonds. The molecule has 1 aromatic heterocycles. The number of nitrogens with one attached hydrogen (secondary N) is 1. The number of aromatic nitrogens is 1. The number of ether oxygens (including phenoxy) is 1. The summed E-state index contributed by atoms with van der Waals surface area (Å²) in [6.45, 7) is 0. The monoisotopic (exact) mass is 330 g/mol. The smallest absolute Gasteiger partial charge is 0.337 e. The van der Waals surface area contributed by atoms with Gasteiger partial charge < -0.3 is 9.72 Å². The van der Waals surface area contributed by atoms with Crippen molar-refractivity contribution >= 4 is 28.7 Å². The van der Waals surface area contributed by atoms with Crippen molar-refractivity contribution in [3.8, 4) is 6.07 Å². The quantitative estimate of drug-likeness (QED) is 0.342. The van der Waals surface area contributed by atoms with Crippen molar-refractivity contribution in [3.63, 3.8) is 0 Å². The fraction of sp³-hybridized carbons (Fsp3) is 0.0500. The highest BCUT2D eigenvalue weighted by atomic mass is 16.5. The summed E-state index contributed by atoms with van der Waals surface area (Å²) >= 11 is 0. The third-order valence-electron chi connectivity index (χ3n) is 3.84. The summed E-state index contributed by atoms with van der Waals surface area (Å²) in [5, 5.41) is 10.2. The Labute approximate surface area is 144 Å². The second kappa shape index (κ2) is 6.85. The maximum atomic E-state index is 12.7. The first kappa shape index (κ1) is 16.2. The lowest BCUT2D eigenvalue weighted by Gasteiger charge is -2.01. The van der Waals surface area contributed by atoms with Gasteiger partial charge in [-0.3, -0.25) is 4.79 Å². The molecule has 0 radical (unpaired) electrons. The van der Waals surface area contributed by atoms with E-state index >= 15 is 0 Å². The van der Waals surface area contributed by atoms with Crippen molar-refractivity contribution in [2.24, 2.45) is 0 Å². The van der Waals surface area contributed by atoms with E-state index < -0.39 is 5.97 Å². The average molecular weight is 330 g/mol. The van der Waals surface area contributed by atoms with Crippen LogP contribution in [-0.2, 0) is 4.74 Å². The first-order valence-electron chi connectivity index (χ1n) is 7.55. The van der Waals surface area contributed by atoms with E-state index in [0.29, 0.717) is 16.7 Å². The summed E-state index contributed by atoms with van der Waals surface area (Å²) in [6.07, 6.45) is 3.11. The Morgan fingerprint density at radius 2 is 1.84 bits per heavy atom. The highest BCUT2D eigenvalue weighted by molar-refractivity contribution is 6.19. The van der Waals surface area contributed by atoms with Gasteiger partial charge in [-0.15, -0.1) is 0 Å². The molecule has 3 rings (SSSR count). The number of hydrogen-bond donors (Lipinski definition) is 1. The number of aromatic amines is 1. The van der Waals surface area contributed by atoms with Crippen LogP contribution in [0.25, 0.3) is 17.0 Å². The standard InChI is InChI=1S/C20H14N2O3/c1-25-20(24)14-8-6-13(7-9-14)10-15(11-21)19(23)17-12-22-18-5-3-2-4-16(17)18/h2-10,12,22H,1H3/b15-10-. The molecule has 2 aromatic carbocycles. The third kappa shape index (κ3) is 3.19. The van der Waals surface area contributed by atoms with E-state index in [9.17, 15) is 14.9 Å². The SMILES string of the molecule is COC(=O)c1ccc(/C=C(/C#N)C(=O)c2c[nH]c3ccccc23)cc1. The molecule has 0 fully saturated rings. The number of rotatable bonds is 4. The summed E-state index contributed by atoms with van der Waals surface area (Å²) in [5.41, 5.74) is 2.37. The van der Waals surface area contributed by atoms with Gasteiger partial charge in [0.15, 0.2) is 0 Å². The van der Waals surface area contributed by atoms with Gasteiger partial charge in [0.1, 0.15) is 11.6 Å². The first-order chi connectivity index (χ1) is 12.1. The number of hydrogen-bond acceptors (Lipinski definition) is 4. The minimum absolute atomic E-state index is 0.0237. The molecule has 1 heterocycles. The number of methoxy groups -OCH3 is 1. The number of allylic oxidation sites excluding steroid dienone is 1. The predicted molar refractivity (Wildman–Crippen MR) is 94.0 cm³/mol. The number of esters is 1. The number of nitriles is 1. The maximum Gasteiger partial charge on any atom is 0.337 e. The predicted octanol–water partition coefficient (Wildman–Crippen LogP) is 3.74. The number of carbonyl (C=O) groups is 2. The average Bonchev–Trinajstić information content (AvgIpc) is 3.09. The van der Waals surface area contributed by atoms with Gasteiger partial charge in [0.25, 0.3) is 0 Å². The minimum Gasteiger partial charge on any atom is -0.465 e. The summed E-state index contributed by atoms with van der Waals surface area (Å²) < 4.78 is 4.64. The Morgan fingerprint density at radius 1 is 1.12 bits per heavy atom. The normalized spacial score (nSPS) is 11.1. The number of ketones is 1. The van der Waals surface area contributed by atoms with Crippen LogP contribution in [0.2, 0.25) is 0 Å². The van der Waals surface area contributed by atoms with Crippen LogP contribution in [0, 0.1) is 11.3 Å². The van der Waals surface area contributed by atoms with Crippen LogP contribution in [-0.4, -0.2) is 23.8 Å². The Hall–Kier alpha value is -3.65. The van der Waals surface area contributed by atoms with Crippen LogP contribution in [0.15, 0.2) is 60.3 Å². The van der Waals surface area contributed by atoms with Crippen LogP contribution >= 0.6 is 0 Å². The van der Waals surface area contributed by atoms with Gasteiger partial charge in [-0.2, -0.15) is 5.26 Å². The van der Waals surface area contributed by atoms with E-state index in [2.05, 4.69) is 9.72 Å². The second-order valence-electron chi connectivity index (χ2n) is 5.36. The lowest BCUT2D eigenvalue weighted by molar-refractivity contribution is 0.0600. The van der Waals surface area contributed by atoms with E-state index in [0.717, 1.165) is 10.9 Å². The van der Waals surface area contributed by atoms with Gasteiger partial charge in [-0.05, 0) is 29.8 Å². The number of nitrogens with zero attached hydrogens (tertiary/aromatic N) is 1. The molecule has 122 valence electrons. The summed E-state index contributed by atoms with van der Waals surface area (Å²) in [4.78, 5) is 27.2. The fourth-order valence-electron chi connectivity index (χ4n) is 2.55.